The Bertz CT molecular complexity index is 493. The number of carbonyl (C=O) groups is 1. The molecule has 4 heteroatoms. The minimum Gasteiger partial charge on any atom is -0.388 e. The Morgan fingerprint density at radius 3 is 2.75 bits per heavy atom. The SMILES string of the molecule is Cc1ccc(F)cc1C(=O)NCC1(O)CCC(C)CC1. The van der Waals surface area contributed by atoms with Crippen LogP contribution in [0.5, 0.6) is 0 Å². The predicted molar refractivity (Wildman–Crippen MR) is 76.1 cm³/mol. The van der Waals surface area contributed by atoms with E-state index < -0.39 is 11.4 Å². The molecular weight excluding hydrogens is 257 g/mol. The molecular formula is C16H22FNO2. The van der Waals surface area contributed by atoms with Crippen molar-refractivity contribution in [1.82, 2.24) is 5.32 Å². The van der Waals surface area contributed by atoms with Crippen molar-refractivity contribution >= 4 is 5.91 Å². The van der Waals surface area contributed by atoms with Crippen LogP contribution in [0.25, 0.3) is 0 Å². The fraction of sp³-hybridized carbons (Fsp3) is 0.562. The first-order valence-electron chi connectivity index (χ1n) is 7.16. The highest BCUT2D eigenvalue weighted by Crippen LogP contribution is 2.31. The summed E-state index contributed by atoms with van der Waals surface area (Å²) in [7, 11) is 0. The molecule has 110 valence electrons. The number of carbonyl (C=O) groups excluding carboxylic acids is 1. The molecule has 2 N–H and O–H groups in total. The van der Waals surface area contributed by atoms with Gasteiger partial charge in [-0.1, -0.05) is 13.0 Å². The predicted octanol–water partition coefficient (Wildman–Crippen LogP) is 2.81. The number of rotatable bonds is 3. The molecule has 1 aromatic rings. The Hall–Kier alpha value is -1.42. The number of aryl methyl sites for hydroxylation is 1. The van der Waals surface area contributed by atoms with Gasteiger partial charge >= 0.3 is 0 Å². The lowest BCUT2D eigenvalue weighted by Gasteiger charge is -2.35. The summed E-state index contributed by atoms with van der Waals surface area (Å²) in [4.78, 5) is 12.1. The number of benzene rings is 1. The molecule has 1 aliphatic carbocycles. The maximum absolute atomic E-state index is 13.2. The van der Waals surface area contributed by atoms with Crippen LogP contribution in [0.2, 0.25) is 0 Å². The lowest BCUT2D eigenvalue weighted by molar-refractivity contribution is -0.00540. The van der Waals surface area contributed by atoms with Gasteiger partial charge in [-0.25, -0.2) is 4.39 Å². The molecule has 20 heavy (non-hydrogen) atoms. The smallest absolute Gasteiger partial charge is 0.251 e. The van der Waals surface area contributed by atoms with E-state index in [-0.39, 0.29) is 12.5 Å². The molecule has 0 radical (unpaired) electrons. The van der Waals surface area contributed by atoms with Crippen molar-refractivity contribution in [3.05, 3.63) is 35.1 Å². The summed E-state index contributed by atoms with van der Waals surface area (Å²) in [5.41, 5.74) is 0.245. The molecule has 0 bridgehead atoms. The number of hydrogen-bond donors (Lipinski definition) is 2. The topological polar surface area (TPSA) is 49.3 Å². The van der Waals surface area contributed by atoms with E-state index in [2.05, 4.69) is 12.2 Å². The first kappa shape index (κ1) is 15.0. The Morgan fingerprint density at radius 2 is 2.10 bits per heavy atom. The largest absolute Gasteiger partial charge is 0.388 e. The summed E-state index contributed by atoms with van der Waals surface area (Å²) in [5, 5.41) is 13.2. The van der Waals surface area contributed by atoms with Crippen LogP contribution in [0, 0.1) is 18.7 Å². The normalized spacial score (nSPS) is 26.3. The highest BCUT2D eigenvalue weighted by atomic mass is 19.1. The minimum absolute atomic E-state index is 0.231. The van der Waals surface area contributed by atoms with E-state index in [1.165, 1.54) is 12.1 Å². The number of halogens is 1. The zero-order valence-corrected chi connectivity index (χ0v) is 12.1. The van der Waals surface area contributed by atoms with E-state index in [0.717, 1.165) is 18.4 Å². The third-order valence-electron chi connectivity index (χ3n) is 4.23. The number of amides is 1. The summed E-state index contributed by atoms with van der Waals surface area (Å²) in [6.45, 7) is 4.17. The molecule has 0 aromatic heterocycles. The van der Waals surface area contributed by atoms with Gasteiger partial charge in [0.05, 0.1) is 5.60 Å². The third kappa shape index (κ3) is 3.57. The van der Waals surface area contributed by atoms with E-state index in [4.69, 9.17) is 0 Å². The zero-order chi connectivity index (χ0) is 14.8. The highest BCUT2D eigenvalue weighted by Gasteiger charge is 2.32. The molecule has 0 heterocycles. The summed E-state index contributed by atoms with van der Waals surface area (Å²) in [6.07, 6.45) is 3.36. The average Bonchev–Trinajstić information content (AvgIpc) is 2.43. The van der Waals surface area contributed by atoms with Gasteiger partial charge in [0.2, 0.25) is 0 Å². The van der Waals surface area contributed by atoms with Gasteiger partial charge in [0.1, 0.15) is 5.82 Å². The van der Waals surface area contributed by atoms with Crippen LogP contribution in [0.3, 0.4) is 0 Å². The summed E-state index contributed by atoms with van der Waals surface area (Å²) < 4.78 is 13.2. The molecule has 3 nitrogen and oxygen atoms in total. The van der Waals surface area contributed by atoms with Crippen molar-refractivity contribution in [3.63, 3.8) is 0 Å². The fourth-order valence-electron chi connectivity index (χ4n) is 2.66. The van der Waals surface area contributed by atoms with Crippen molar-refractivity contribution in [2.45, 2.75) is 45.1 Å². The van der Waals surface area contributed by atoms with Crippen LogP contribution in [-0.4, -0.2) is 23.2 Å². The van der Waals surface area contributed by atoms with Crippen molar-refractivity contribution < 1.29 is 14.3 Å². The molecule has 1 aromatic carbocycles. The van der Waals surface area contributed by atoms with E-state index in [0.29, 0.717) is 24.3 Å². The van der Waals surface area contributed by atoms with Gasteiger partial charge in [-0.2, -0.15) is 0 Å². The quantitative estimate of drug-likeness (QED) is 0.894. The standard InChI is InChI=1S/C16H22FNO2/c1-11-5-7-16(20,8-6-11)10-18-15(19)14-9-13(17)4-3-12(14)2/h3-4,9,11,20H,5-8,10H2,1-2H3,(H,18,19). The molecule has 0 aliphatic heterocycles. The summed E-state index contributed by atoms with van der Waals surface area (Å²) in [6, 6.07) is 4.15. The second-order valence-corrected chi connectivity index (χ2v) is 6.05. The fourth-order valence-corrected chi connectivity index (χ4v) is 2.66. The average molecular weight is 279 g/mol. The monoisotopic (exact) mass is 279 g/mol. The molecule has 1 aliphatic rings. The first-order chi connectivity index (χ1) is 9.39. The van der Waals surface area contributed by atoms with Crippen molar-refractivity contribution in [3.8, 4) is 0 Å². The molecule has 0 atom stereocenters. The van der Waals surface area contributed by atoms with Gasteiger partial charge in [0.15, 0.2) is 0 Å². The van der Waals surface area contributed by atoms with Gasteiger partial charge in [-0.3, -0.25) is 4.79 Å². The van der Waals surface area contributed by atoms with Gasteiger partial charge in [0, 0.05) is 12.1 Å². The van der Waals surface area contributed by atoms with Gasteiger partial charge in [0.25, 0.3) is 5.91 Å². The van der Waals surface area contributed by atoms with Crippen molar-refractivity contribution in [2.75, 3.05) is 6.54 Å². The Morgan fingerprint density at radius 1 is 1.45 bits per heavy atom. The summed E-state index contributed by atoms with van der Waals surface area (Å²) >= 11 is 0. The summed E-state index contributed by atoms with van der Waals surface area (Å²) in [5.74, 6) is -0.114. The van der Waals surface area contributed by atoms with Crippen LogP contribution in [0.1, 0.15) is 48.5 Å². The number of hydrogen-bond acceptors (Lipinski definition) is 2. The van der Waals surface area contributed by atoms with Crippen LogP contribution in [0.15, 0.2) is 18.2 Å². The Balaban J connectivity index is 1.97. The lowest BCUT2D eigenvalue weighted by atomic mass is 9.79. The maximum Gasteiger partial charge on any atom is 0.251 e. The molecule has 0 unspecified atom stereocenters. The van der Waals surface area contributed by atoms with E-state index in [1.807, 2.05) is 0 Å². The molecule has 2 rings (SSSR count). The highest BCUT2D eigenvalue weighted by molar-refractivity contribution is 5.95. The molecule has 1 fully saturated rings. The van der Waals surface area contributed by atoms with Gasteiger partial charge in [-0.05, 0) is 56.2 Å². The minimum atomic E-state index is -0.816. The van der Waals surface area contributed by atoms with Gasteiger partial charge in [-0.15, -0.1) is 0 Å². The second kappa shape index (κ2) is 5.92. The second-order valence-electron chi connectivity index (χ2n) is 6.05. The molecule has 0 saturated heterocycles. The van der Waals surface area contributed by atoms with Crippen LogP contribution in [0.4, 0.5) is 4.39 Å². The van der Waals surface area contributed by atoms with Gasteiger partial charge < -0.3 is 10.4 Å². The van der Waals surface area contributed by atoms with E-state index in [9.17, 15) is 14.3 Å². The first-order valence-corrected chi connectivity index (χ1v) is 7.16. The van der Waals surface area contributed by atoms with E-state index >= 15 is 0 Å². The number of nitrogens with one attached hydrogen (secondary N) is 1. The van der Waals surface area contributed by atoms with Crippen molar-refractivity contribution in [2.24, 2.45) is 5.92 Å². The Kier molecular flexibility index (Phi) is 4.43. The molecule has 0 spiro atoms. The van der Waals surface area contributed by atoms with Crippen molar-refractivity contribution in [1.29, 1.82) is 0 Å². The maximum atomic E-state index is 13.2. The van der Waals surface area contributed by atoms with Crippen LogP contribution in [-0.2, 0) is 0 Å². The Labute approximate surface area is 119 Å². The van der Waals surface area contributed by atoms with Crippen LogP contribution >= 0.6 is 0 Å². The lowest BCUT2D eigenvalue weighted by Crippen LogP contribution is -2.45. The zero-order valence-electron chi connectivity index (χ0n) is 12.1. The third-order valence-corrected chi connectivity index (χ3v) is 4.23. The molecule has 1 saturated carbocycles. The molecule has 1 amide bonds. The van der Waals surface area contributed by atoms with Crippen LogP contribution < -0.4 is 5.32 Å². The number of aliphatic hydroxyl groups is 1. The van der Waals surface area contributed by atoms with E-state index in [1.54, 1.807) is 13.0 Å².